The highest BCUT2D eigenvalue weighted by Crippen LogP contribution is 2.21. The Labute approximate surface area is 126 Å². The van der Waals surface area contributed by atoms with Crippen LogP contribution in [0.1, 0.15) is 30.5 Å². The summed E-state index contributed by atoms with van der Waals surface area (Å²) in [7, 11) is 0. The first-order chi connectivity index (χ1) is 10.3. The van der Waals surface area contributed by atoms with Crippen LogP contribution in [0.15, 0.2) is 60.7 Å². The summed E-state index contributed by atoms with van der Waals surface area (Å²) in [6.07, 6.45) is 0.951. The first-order valence-corrected chi connectivity index (χ1v) is 7.41. The minimum Gasteiger partial charge on any atom is -0.355 e. The van der Waals surface area contributed by atoms with E-state index in [9.17, 15) is 4.79 Å². The van der Waals surface area contributed by atoms with Crippen molar-refractivity contribution in [2.45, 2.75) is 19.4 Å². The SMILES string of the molecule is CCCNC(=O)CNC(c1ccccc1)c1ccccc1. The van der Waals surface area contributed by atoms with E-state index < -0.39 is 0 Å². The second kappa shape index (κ2) is 8.22. The predicted molar refractivity (Wildman–Crippen MR) is 86.0 cm³/mol. The first kappa shape index (κ1) is 15.3. The normalized spacial score (nSPS) is 10.6. The lowest BCUT2D eigenvalue weighted by Gasteiger charge is -2.19. The molecule has 0 aliphatic heterocycles. The average Bonchev–Trinajstić information content (AvgIpc) is 2.55. The van der Waals surface area contributed by atoms with Crippen LogP contribution in [0.5, 0.6) is 0 Å². The van der Waals surface area contributed by atoms with Gasteiger partial charge in [0.2, 0.25) is 5.91 Å². The van der Waals surface area contributed by atoms with Crippen molar-refractivity contribution < 1.29 is 4.79 Å². The Hall–Kier alpha value is -2.13. The van der Waals surface area contributed by atoms with Crippen molar-refractivity contribution in [2.75, 3.05) is 13.1 Å². The molecule has 0 unspecified atom stereocenters. The maximum atomic E-state index is 11.8. The van der Waals surface area contributed by atoms with Crippen LogP contribution in [0.3, 0.4) is 0 Å². The molecule has 1 amide bonds. The Morgan fingerprint density at radius 2 is 1.48 bits per heavy atom. The smallest absolute Gasteiger partial charge is 0.233 e. The number of nitrogens with one attached hydrogen (secondary N) is 2. The summed E-state index contributed by atoms with van der Waals surface area (Å²) in [6.45, 7) is 3.08. The van der Waals surface area contributed by atoms with Crippen LogP contribution in [0.25, 0.3) is 0 Å². The molecule has 0 spiro atoms. The van der Waals surface area contributed by atoms with Crippen LogP contribution >= 0.6 is 0 Å². The van der Waals surface area contributed by atoms with Crippen LogP contribution in [-0.4, -0.2) is 19.0 Å². The standard InChI is InChI=1S/C18H22N2O/c1-2-13-19-17(21)14-20-18(15-9-5-3-6-10-15)16-11-7-4-8-12-16/h3-12,18,20H,2,13-14H2,1H3,(H,19,21). The highest BCUT2D eigenvalue weighted by atomic mass is 16.1. The second-order valence-electron chi connectivity index (χ2n) is 4.99. The number of rotatable bonds is 7. The zero-order valence-corrected chi connectivity index (χ0v) is 12.4. The lowest BCUT2D eigenvalue weighted by molar-refractivity contribution is -0.120. The summed E-state index contributed by atoms with van der Waals surface area (Å²) in [6, 6.07) is 20.4. The van der Waals surface area contributed by atoms with Gasteiger partial charge in [0.05, 0.1) is 12.6 Å². The molecule has 0 aliphatic carbocycles. The Bertz CT molecular complexity index is 500. The van der Waals surface area contributed by atoms with E-state index >= 15 is 0 Å². The first-order valence-electron chi connectivity index (χ1n) is 7.41. The fourth-order valence-corrected chi connectivity index (χ4v) is 2.24. The van der Waals surface area contributed by atoms with Crippen molar-refractivity contribution >= 4 is 5.91 Å². The Balaban J connectivity index is 2.09. The third-order valence-electron chi connectivity index (χ3n) is 3.30. The van der Waals surface area contributed by atoms with Crippen molar-refractivity contribution in [3.8, 4) is 0 Å². The minimum absolute atomic E-state index is 0.0276. The van der Waals surface area contributed by atoms with Gasteiger partial charge in [-0.05, 0) is 17.5 Å². The number of benzene rings is 2. The summed E-state index contributed by atoms with van der Waals surface area (Å²) >= 11 is 0. The topological polar surface area (TPSA) is 41.1 Å². The van der Waals surface area contributed by atoms with Crippen LogP contribution in [-0.2, 0) is 4.79 Å². The molecule has 0 aromatic heterocycles. The largest absolute Gasteiger partial charge is 0.355 e. The van der Waals surface area contributed by atoms with Crippen molar-refractivity contribution in [3.63, 3.8) is 0 Å². The molecule has 110 valence electrons. The number of hydrogen-bond donors (Lipinski definition) is 2. The Kier molecular flexibility index (Phi) is 5.98. The molecule has 2 aromatic rings. The third-order valence-corrected chi connectivity index (χ3v) is 3.30. The molecule has 0 bridgehead atoms. The predicted octanol–water partition coefficient (Wildman–Crippen LogP) is 2.89. The molecule has 0 radical (unpaired) electrons. The van der Waals surface area contributed by atoms with E-state index in [1.54, 1.807) is 0 Å². The van der Waals surface area contributed by atoms with Gasteiger partial charge in [-0.15, -0.1) is 0 Å². The van der Waals surface area contributed by atoms with Crippen LogP contribution in [0.2, 0.25) is 0 Å². The van der Waals surface area contributed by atoms with Crippen LogP contribution in [0, 0.1) is 0 Å². The van der Waals surface area contributed by atoms with E-state index in [1.165, 1.54) is 0 Å². The molecule has 0 saturated carbocycles. The van der Waals surface area contributed by atoms with E-state index in [2.05, 4.69) is 34.9 Å². The number of hydrogen-bond acceptors (Lipinski definition) is 2. The summed E-state index contributed by atoms with van der Waals surface area (Å²) in [5, 5.41) is 6.24. The van der Waals surface area contributed by atoms with Gasteiger partial charge in [-0.3, -0.25) is 10.1 Å². The second-order valence-corrected chi connectivity index (χ2v) is 4.99. The summed E-state index contributed by atoms with van der Waals surface area (Å²) in [5.74, 6) is 0.0358. The van der Waals surface area contributed by atoms with Gasteiger partial charge < -0.3 is 5.32 Å². The highest BCUT2D eigenvalue weighted by Gasteiger charge is 2.14. The van der Waals surface area contributed by atoms with E-state index in [1.807, 2.05) is 43.3 Å². The summed E-state index contributed by atoms with van der Waals surface area (Å²) in [4.78, 5) is 11.8. The molecule has 0 fully saturated rings. The van der Waals surface area contributed by atoms with E-state index in [0.717, 1.165) is 24.1 Å². The van der Waals surface area contributed by atoms with Gasteiger partial charge in [-0.25, -0.2) is 0 Å². The van der Waals surface area contributed by atoms with Crippen molar-refractivity contribution in [1.82, 2.24) is 10.6 Å². The molecule has 0 aliphatic rings. The van der Waals surface area contributed by atoms with Gasteiger partial charge in [0.15, 0.2) is 0 Å². The minimum atomic E-state index is 0.0276. The average molecular weight is 282 g/mol. The number of carbonyl (C=O) groups is 1. The van der Waals surface area contributed by atoms with Gasteiger partial charge in [0.25, 0.3) is 0 Å². The van der Waals surface area contributed by atoms with Gasteiger partial charge in [-0.1, -0.05) is 67.6 Å². The molecular formula is C18H22N2O. The molecule has 0 saturated heterocycles. The monoisotopic (exact) mass is 282 g/mol. The molecule has 0 heterocycles. The van der Waals surface area contributed by atoms with Crippen LogP contribution < -0.4 is 10.6 Å². The van der Waals surface area contributed by atoms with Gasteiger partial charge in [0, 0.05) is 6.54 Å². The maximum Gasteiger partial charge on any atom is 0.233 e. The summed E-state index contributed by atoms with van der Waals surface area (Å²) < 4.78 is 0. The quantitative estimate of drug-likeness (QED) is 0.820. The molecule has 3 heteroatoms. The molecule has 21 heavy (non-hydrogen) atoms. The molecule has 2 aromatic carbocycles. The van der Waals surface area contributed by atoms with Crippen molar-refractivity contribution in [1.29, 1.82) is 0 Å². The number of amides is 1. The Morgan fingerprint density at radius 3 is 1.95 bits per heavy atom. The fraction of sp³-hybridized carbons (Fsp3) is 0.278. The van der Waals surface area contributed by atoms with Crippen molar-refractivity contribution in [2.24, 2.45) is 0 Å². The van der Waals surface area contributed by atoms with Crippen LogP contribution in [0.4, 0.5) is 0 Å². The fourth-order valence-electron chi connectivity index (χ4n) is 2.24. The van der Waals surface area contributed by atoms with E-state index in [-0.39, 0.29) is 11.9 Å². The van der Waals surface area contributed by atoms with E-state index in [0.29, 0.717) is 6.54 Å². The Morgan fingerprint density at radius 1 is 0.952 bits per heavy atom. The molecular weight excluding hydrogens is 260 g/mol. The van der Waals surface area contributed by atoms with Gasteiger partial charge in [0.1, 0.15) is 0 Å². The molecule has 2 N–H and O–H groups in total. The summed E-state index contributed by atoms with van der Waals surface area (Å²) in [5.41, 5.74) is 2.32. The molecule has 2 rings (SSSR count). The molecule has 0 atom stereocenters. The van der Waals surface area contributed by atoms with Gasteiger partial charge in [-0.2, -0.15) is 0 Å². The lowest BCUT2D eigenvalue weighted by atomic mass is 9.99. The molecule has 3 nitrogen and oxygen atoms in total. The highest BCUT2D eigenvalue weighted by molar-refractivity contribution is 5.78. The number of carbonyl (C=O) groups excluding carboxylic acids is 1. The lowest BCUT2D eigenvalue weighted by Crippen LogP contribution is -2.36. The zero-order chi connectivity index (χ0) is 14.9. The maximum absolute atomic E-state index is 11.8. The third kappa shape index (κ3) is 4.72. The van der Waals surface area contributed by atoms with Gasteiger partial charge >= 0.3 is 0 Å². The zero-order valence-electron chi connectivity index (χ0n) is 12.4. The van der Waals surface area contributed by atoms with E-state index in [4.69, 9.17) is 0 Å². The van der Waals surface area contributed by atoms with Crippen molar-refractivity contribution in [3.05, 3.63) is 71.8 Å².